The summed E-state index contributed by atoms with van der Waals surface area (Å²) in [6, 6.07) is 0. The highest BCUT2D eigenvalue weighted by molar-refractivity contribution is 7.98. The van der Waals surface area contributed by atoms with Crippen molar-refractivity contribution in [3.8, 4) is 0 Å². The molecule has 0 aromatic carbocycles. The average molecular weight is 545 g/mol. The van der Waals surface area contributed by atoms with E-state index < -0.39 is 0 Å². The summed E-state index contributed by atoms with van der Waals surface area (Å²) in [6.07, 6.45) is 5.34. The molecule has 5 N–H and O–H groups in total. The first-order valence-corrected chi connectivity index (χ1v) is 12.0. The van der Waals surface area contributed by atoms with Crippen LogP contribution in [0.3, 0.4) is 0 Å². The van der Waals surface area contributed by atoms with Crippen molar-refractivity contribution in [2.24, 2.45) is 16.5 Å². The molecule has 1 aliphatic rings. The highest BCUT2D eigenvalue weighted by atomic mass is 35.5. The van der Waals surface area contributed by atoms with Gasteiger partial charge in [-0.2, -0.15) is 21.7 Å². The summed E-state index contributed by atoms with van der Waals surface area (Å²) in [4.78, 5) is 30.8. The molecule has 1 aliphatic heterocycles. The van der Waals surface area contributed by atoms with E-state index in [1.807, 2.05) is 12.3 Å². The molecule has 0 bridgehead atoms. The Kier molecular flexibility index (Phi) is 15.2. The van der Waals surface area contributed by atoms with Gasteiger partial charge in [0.05, 0.1) is 5.69 Å². The SMILES string of the molecule is Cc1[nH]c(CCSCc2csc(N=C(N)N)n2)nc(=O)c1CCN1CCCCC1.Cl.Cl.Cl. The number of aromatic amines is 1. The highest BCUT2D eigenvalue weighted by Gasteiger charge is 2.13. The van der Waals surface area contributed by atoms with Gasteiger partial charge in [-0.25, -0.2) is 4.98 Å². The van der Waals surface area contributed by atoms with Crippen molar-refractivity contribution in [2.75, 3.05) is 25.4 Å². The maximum absolute atomic E-state index is 12.5. The fraction of sp³-hybridized carbons (Fsp3) is 0.579. The van der Waals surface area contributed by atoms with Crippen LogP contribution in [-0.4, -0.2) is 51.2 Å². The second-order valence-corrected chi connectivity index (χ2v) is 9.15. The maximum atomic E-state index is 12.5. The molecule has 13 heteroatoms. The van der Waals surface area contributed by atoms with Crippen LogP contribution in [-0.2, 0) is 18.6 Å². The van der Waals surface area contributed by atoms with Gasteiger partial charge in [-0.15, -0.1) is 48.6 Å². The summed E-state index contributed by atoms with van der Waals surface area (Å²) in [5.41, 5.74) is 13.4. The first-order valence-electron chi connectivity index (χ1n) is 9.94. The smallest absolute Gasteiger partial charge is 0.276 e. The average Bonchev–Trinajstić information content (AvgIpc) is 3.12. The number of nitrogens with zero attached hydrogens (tertiary/aromatic N) is 4. The minimum Gasteiger partial charge on any atom is -0.370 e. The van der Waals surface area contributed by atoms with Crippen molar-refractivity contribution in [1.82, 2.24) is 19.9 Å². The third kappa shape index (κ3) is 9.84. The normalized spacial score (nSPS) is 13.4. The first kappa shape index (κ1) is 31.0. The van der Waals surface area contributed by atoms with Gasteiger partial charge in [0.1, 0.15) is 5.82 Å². The fourth-order valence-corrected chi connectivity index (χ4v) is 5.06. The molecule has 1 fully saturated rings. The summed E-state index contributed by atoms with van der Waals surface area (Å²) in [5.74, 6) is 2.39. The Labute approximate surface area is 215 Å². The van der Waals surface area contributed by atoms with E-state index in [1.165, 1.54) is 30.6 Å². The Balaban J connectivity index is 0.00000320. The fourth-order valence-electron chi connectivity index (χ4n) is 3.41. The Morgan fingerprint density at radius 3 is 2.56 bits per heavy atom. The summed E-state index contributed by atoms with van der Waals surface area (Å²) in [7, 11) is 0. The molecular formula is C19H32Cl3N7OS2. The molecule has 0 radical (unpaired) electrons. The zero-order valence-corrected chi connectivity index (χ0v) is 22.1. The molecule has 8 nitrogen and oxygen atoms in total. The maximum Gasteiger partial charge on any atom is 0.276 e. The molecular weight excluding hydrogens is 513 g/mol. The molecule has 2 aromatic heterocycles. The number of H-pyrrole nitrogens is 1. The van der Waals surface area contributed by atoms with Crippen LogP contribution in [0.1, 0.15) is 42.0 Å². The van der Waals surface area contributed by atoms with E-state index in [4.69, 9.17) is 11.5 Å². The summed E-state index contributed by atoms with van der Waals surface area (Å²) >= 11 is 3.16. The van der Waals surface area contributed by atoms with Gasteiger partial charge in [-0.05, 0) is 39.3 Å². The molecule has 0 aliphatic carbocycles. The zero-order chi connectivity index (χ0) is 20.6. The van der Waals surface area contributed by atoms with Crippen LogP contribution in [0.2, 0.25) is 0 Å². The zero-order valence-electron chi connectivity index (χ0n) is 18.0. The second-order valence-electron chi connectivity index (χ2n) is 7.21. The Hall–Kier alpha value is -1.04. The lowest BCUT2D eigenvalue weighted by Gasteiger charge is -2.26. The van der Waals surface area contributed by atoms with Crippen molar-refractivity contribution in [3.05, 3.63) is 38.5 Å². The number of likely N-dealkylation sites (tertiary alicyclic amines) is 1. The molecule has 0 spiro atoms. The molecule has 3 rings (SSSR count). The monoisotopic (exact) mass is 543 g/mol. The Morgan fingerprint density at radius 1 is 1.19 bits per heavy atom. The molecule has 182 valence electrons. The largest absolute Gasteiger partial charge is 0.370 e. The van der Waals surface area contributed by atoms with Gasteiger partial charge in [0.15, 0.2) is 5.96 Å². The van der Waals surface area contributed by atoms with Crippen LogP contribution >= 0.6 is 60.3 Å². The van der Waals surface area contributed by atoms with E-state index in [2.05, 4.69) is 24.8 Å². The van der Waals surface area contributed by atoms with Crippen molar-refractivity contribution in [1.29, 1.82) is 0 Å². The number of thioether (sulfide) groups is 1. The number of aryl methyl sites for hydroxylation is 2. The van der Waals surface area contributed by atoms with Crippen LogP contribution in [0.4, 0.5) is 5.13 Å². The number of thiazole rings is 1. The number of hydrogen-bond acceptors (Lipinski definition) is 7. The van der Waals surface area contributed by atoms with E-state index in [0.29, 0.717) is 5.13 Å². The molecule has 0 atom stereocenters. The van der Waals surface area contributed by atoms with Crippen LogP contribution in [0.5, 0.6) is 0 Å². The first-order chi connectivity index (χ1) is 14.0. The number of aliphatic imine (C=N–C) groups is 1. The molecule has 32 heavy (non-hydrogen) atoms. The van der Waals surface area contributed by atoms with Gasteiger partial charge >= 0.3 is 0 Å². The van der Waals surface area contributed by atoms with Gasteiger partial charge in [0.2, 0.25) is 5.13 Å². The molecule has 0 saturated carbocycles. The predicted octanol–water partition coefficient (Wildman–Crippen LogP) is 3.21. The van der Waals surface area contributed by atoms with Gasteiger partial charge in [0, 0.05) is 41.1 Å². The van der Waals surface area contributed by atoms with Crippen molar-refractivity contribution < 1.29 is 0 Å². The van der Waals surface area contributed by atoms with Crippen LogP contribution < -0.4 is 17.0 Å². The van der Waals surface area contributed by atoms with Crippen LogP contribution in [0.15, 0.2) is 15.2 Å². The van der Waals surface area contributed by atoms with Gasteiger partial charge in [-0.3, -0.25) is 4.79 Å². The number of hydrogen-bond donors (Lipinski definition) is 3. The van der Waals surface area contributed by atoms with Gasteiger partial charge in [-0.1, -0.05) is 6.42 Å². The Bertz CT molecular complexity index is 897. The standard InChI is InChI=1S/C19H29N7OS2.3ClH/c1-13-15(5-9-26-7-3-2-4-8-26)17(27)24-16(22-13)6-10-28-11-14-12-29-19(23-14)25-18(20)21;;;/h12H,2-11H2,1H3,(H,22,24,27)(H4,20,21,23,25);3*1H. The van der Waals surface area contributed by atoms with Crippen LogP contribution in [0.25, 0.3) is 0 Å². The minimum absolute atomic E-state index is 0. The minimum atomic E-state index is -0.0837. The third-order valence-corrected chi connectivity index (χ3v) is 6.68. The predicted molar refractivity (Wildman–Crippen MR) is 143 cm³/mol. The topological polar surface area (TPSA) is 126 Å². The van der Waals surface area contributed by atoms with E-state index in [-0.39, 0.29) is 48.7 Å². The number of rotatable bonds is 9. The van der Waals surface area contributed by atoms with Gasteiger partial charge < -0.3 is 21.4 Å². The lowest BCUT2D eigenvalue weighted by Crippen LogP contribution is -2.33. The highest BCUT2D eigenvalue weighted by Crippen LogP contribution is 2.22. The van der Waals surface area contributed by atoms with E-state index >= 15 is 0 Å². The second kappa shape index (κ2) is 15.7. The van der Waals surface area contributed by atoms with Crippen LogP contribution in [0, 0.1) is 6.92 Å². The van der Waals surface area contributed by atoms with E-state index in [1.54, 1.807) is 11.8 Å². The number of aromatic nitrogens is 3. The quantitative estimate of drug-likeness (QED) is 0.251. The third-order valence-electron chi connectivity index (χ3n) is 4.90. The number of nitrogens with one attached hydrogen (secondary N) is 1. The lowest BCUT2D eigenvalue weighted by atomic mass is 10.1. The van der Waals surface area contributed by atoms with Crippen molar-refractivity contribution in [3.63, 3.8) is 0 Å². The number of piperidine rings is 1. The molecule has 3 heterocycles. The van der Waals surface area contributed by atoms with E-state index in [0.717, 1.165) is 66.8 Å². The lowest BCUT2D eigenvalue weighted by molar-refractivity contribution is 0.231. The summed E-state index contributed by atoms with van der Waals surface area (Å²) < 4.78 is 0. The summed E-state index contributed by atoms with van der Waals surface area (Å²) in [6.45, 7) is 5.21. The van der Waals surface area contributed by atoms with E-state index in [9.17, 15) is 4.79 Å². The molecule has 1 saturated heterocycles. The van der Waals surface area contributed by atoms with Crippen molar-refractivity contribution in [2.45, 2.75) is 44.8 Å². The molecule has 0 amide bonds. The number of halogens is 3. The molecule has 0 unspecified atom stereocenters. The Morgan fingerprint density at radius 2 is 1.91 bits per heavy atom. The van der Waals surface area contributed by atoms with Crippen molar-refractivity contribution >= 4 is 71.4 Å². The number of guanidine groups is 1. The van der Waals surface area contributed by atoms with Gasteiger partial charge in [0.25, 0.3) is 5.56 Å². The number of nitrogens with two attached hydrogens (primary N) is 2. The summed E-state index contributed by atoms with van der Waals surface area (Å²) in [5, 5.41) is 2.53. The molecule has 2 aromatic rings.